The maximum Gasteiger partial charge on any atom is 0.220 e. The number of aliphatic hydroxyl groups excluding tert-OH is 3. The summed E-state index contributed by atoms with van der Waals surface area (Å²) >= 11 is 0. The van der Waals surface area contributed by atoms with Crippen molar-refractivity contribution >= 4 is 5.91 Å². The molecule has 0 aliphatic rings. The lowest BCUT2D eigenvalue weighted by atomic mass is 10.0. The molecule has 1 amide bonds. The fraction of sp³-hybridized carbons (Fsp3) is 0.852. The molecule has 0 aromatic heterocycles. The van der Waals surface area contributed by atoms with Gasteiger partial charge in [0.05, 0.1) is 18.8 Å². The van der Waals surface area contributed by atoms with Gasteiger partial charge in [0.15, 0.2) is 0 Å². The van der Waals surface area contributed by atoms with Crippen molar-refractivity contribution in [2.45, 2.75) is 327 Å². The van der Waals surface area contributed by atoms with Crippen molar-refractivity contribution in [3.63, 3.8) is 0 Å². The van der Waals surface area contributed by atoms with E-state index in [0.29, 0.717) is 12.8 Å². The number of amides is 1. The third kappa shape index (κ3) is 50.2. The van der Waals surface area contributed by atoms with Gasteiger partial charge in [-0.2, -0.15) is 0 Å². The Bertz CT molecular complexity index is 1070. The monoisotopic (exact) mass is 926 g/mol. The molecule has 5 nitrogen and oxygen atoms in total. The Balaban J connectivity index is 3.53. The van der Waals surface area contributed by atoms with Crippen molar-refractivity contribution < 1.29 is 20.1 Å². The Morgan fingerprint density at radius 1 is 0.379 bits per heavy atom. The zero-order chi connectivity index (χ0) is 47.9. The summed E-state index contributed by atoms with van der Waals surface area (Å²) in [6, 6.07) is -0.833. The molecule has 0 saturated heterocycles. The average Bonchev–Trinajstić information content (AvgIpc) is 3.32. The predicted octanol–water partition coefficient (Wildman–Crippen LogP) is 18.4. The van der Waals surface area contributed by atoms with Crippen LogP contribution in [-0.4, -0.2) is 46.1 Å². The highest BCUT2D eigenvalue weighted by Crippen LogP contribution is 2.17. The van der Waals surface area contributed by atoms with Crippen molar-refractivity contribution in [3.05, 3.63) is 48.6 Å². The molecule has 5 heteroatoms. The Hall–Kier alpha value is -1.69. The number of carbonyl (C=O) groups is 1. The molecule has 3 unspecified atom stereocenters. The summed E-state index contributed by atoms with van der Waals surface area (Å²) in [5.74, 6) is -0.156. The summed E-state index contributed by atoms with van der Waals surface area (Å²) in [7, 11) is 0. The van der Waals surface area contributed by atoms with Crippen LogP contribution in [0.25, 0.3) is 0 Å². The predicted molar refractivity (Wildman–Crippen MR) is 291 cm³/mol. The van der Waals surface area contributed by atoms with Gasteiger partial charge in [0.25, 0.3) is 0 Å². The van der Waals surface area contributed by atoms with Crippen molar-refractivity contribution in [2.24, 2.45) is 0 Å². The minimum absolute atomic E-state index is 0.156. The lowest BCUT2D eigenvalue weighted by Gasteiger charge is -2.26. The van der Waals surface area contributed by atoms with Gasteiger partial charge < -0.3 is 20.6 Å². The van der Waals surface area contributed by atoms with Crippen LogP contribution in [0.4, 0.5) is 0 Å². The minimum Gasteiger partial charge on any atom is -0.394 e. The second-order valence-corrected chi connectivity index (χ2v) is 20.2. The number of unbranched alkanes of at least 4 members (excludes halogenated alkanes) is 38. The zero-order valence-electron chi connectivity index (χ0n) is 44.3. The van der Waals surface area contributed by atoms with Crippen LogP contribution in [-0.2, 0) is 4.79 Å². The maximum absolute atomic E-state index is 12.5. The average molecular weight is 927 g/mol. The number of carbonyl (C=O) groups excluding carboxylic acids is 1. The van der Waals surface area contributed by atoms with E-state index in [2.05, 4.69) is 67.8 Å². The first-order valence-corrected chi connectivity index (χ1v) is 29.4. The molecule has 0 aliphatic carbocycles. The second-order valence-electron chi connectivity index (χ2n) is 20.2. The molecule has 0 aromatic rings. The van der Waals surface area contributed by atoms with E-state index >= 15 is 0 Å². The summed E-state index contributed by atoms with van der Waals surface area (Å²) in [5, 5.41) is 33.7. The van der Waals surface area contributed by atoms with Crippen LogP contribution >= 0.6 is 0 Å². The highest BCUT2D eigenvalue weighted by molar-refractivity contribution is 5.76. The van der Waals surface area contributed by atoms with Crippen molar-refractivity contribution in [1.82, 2.24) is 5.32 Å². The molecular formula is C61H115NO4. The number of nitrogens with one attached hydrogen (secondary N) is 1. The fourth-order valence-electron chi connectivity index (χ4n) is 9.09. The molecule has 4 N–H and O–H groups in total. The zero-order valence-corrected chi connectivity index (χ0v) is 44.3. The molecule has 0 rings (SSSR count). The Morgan fingerprint density at radius 2 is 0.667 bits per heavy atom. The first kappa shape index (κ1) is 64.3. The lowest BCUT2D eigenvalue weighted by Crippen LogP contribution is -2.50. The largest absolute Gasteiger partial charge is 0.394 e. The maximum atomic E-state index is 12.5. The Kier molecular flexibility index (Phi) is 54.5. The fourth-order valence-corrected chi connectivity index (χ4v) is 9.09. The quantitative estimate of drug-likeness (QED) is 0.0361. The summed E-state index contributed by atoms with van der Waals surface area (Å²) in [4.78, 5) is 12.5. The standard InChI is InChI=1S/C61H115NO4/c1-3-5-7-9-11-13-15-17-19-21-22-23-24-25-26-27-28-29-30-31-32-33-34-35-36-37-38-40-42-44-46-48-50-52-54-56-60(65)62-58(57-63)61(66)59(64)55-53-51-49-47-45-43-41-39-20-18-16-14-12-10-8-6-4-2/h24-25,27-28,39,41,47,49,58-59,61,63-64,66H,3-23,26,29-38,40,42-46,48,50-57H2,1-2H3,(H,62,65)/b25-24-,28-27-,41-39+,49-47+. The van der Waals surface area contributed by atoms with Crippen molar-refractivity contribution in [2.75, 3.05) is 6.61 Å². The molecule has 388 valence electrons. The third-order valence-electron chi connectivity index (χ3n) is 13.6. The SMILES string of the molecule is CCCCCCCCCC/C=C/CC/C=C/CCCC(O)C(O)C(CO)NC(=O)CCCCCCCCCCCCCCCCCCC/C=C\C/C=C\CCCCCCCCCCCCC. The van der Waals surface area contributed by atoms with Gasteiger partial charge in [-0.3, -0.25) is 4.79 Å². The Labute approximate surface area is 412 Å². The molecule has 0 heterocycles. The van der Waals surface area contributed by atoms with E-state index in [1.165, 1.54) is 231 Å². The van der Waals surface area contributed by atoms with Crippen LogP contribution in [0.2, 0.25) is 0 Å². The van der Waals surface area contributed by atoms with Gasteiger partial charge in [0, 0.05) is 6.42 Å². The van der Waals surface area contributed by atoms with Gasteiger partial charge in [0.2, 0.25) is 5.91 Å². The molecule has 0 spiro atoms. The van der Waals surface area contributed by atoms with E-state index in [4.69, 9.17) is 0 Å². The summed E-state index contributed by atoms with van der Waals surface area (Å²) < 4.78 is 0. The molecule has 0 fully saturated rings. The van der Waals surface area contributed by atoms with E-state index in [0.717, 1.165) is 51.4 Å². The highest BCUT2D eigenvalue weighted by Gasteiger charge is 2.26. The summed E-state index contributed by atoms with van der Waals surface area (Å²) in [5.41, 5.74) is 0. The van der Waals surface area contributed by atoms with Gasteiger partial charge in [-0.25, -0.2) is 0 Å². The molecule has 0 radical (unpaired) electrons. The van der Waals surface area contributed by atoms with E-state index < -0.39 is 18.2 Å². The van der Waals surface area contributed by atoms with E-state index in [-0.39, 0.29) is 12.5 Å². The van der Waals surface area contributed by atoms with Gasteiger partial charge in [-0.1, -0.05) is 268 Å². The number of aliphatic hydroxyl groups is 3. The molecule has 66 heavy (non-hydrogen) atoms. The topological polar surface area (TPSA) is 89.8 Å². The number of allylic oxidation sites excluding steroid dienone is 8. The molecule has 0 aromatic carbocycles. The van der Waals surface area contributed by atoms with Crippen LogP contribution in [0.5, 0.6) is 0 Å². The number of hydrogen-bond acceptors (Lipinski definition) is 4. The van der Waals surface area contributed by atoms with Crippen molar-refractivity contribution in [3.8, 4) is 0 Å². The lowest BCUT2D eigenvalue weighted by molar-refractivity contribution is -0.124. The molecular weight excluding hydrogens is 811 g/mol. The molecule has 0 bridgehead atoms. The van der Waals surface area contributed by atoms with E-state index in [1.54, 1.807) is 0 Å². The van der Waals surface area contributed by atoms with Crippen molar-refractivity contribution in [1.29, 1.82) is 0 Å². The van der Waals surface area contributed by atoms with Gasteiger partial charge >= 0.3 is 0 Å². The molecule has 0 aliphatic heterocycles. The molecule has 3 atom stereocenters. The van der Waals surface area contributed by atoms with Gasteiger partial charge in [-0.05, 0) is 83.5 Å². The van der Waals surface area contributed by atoms with Crippen LogP contribution in [0.3, 0.4) is 0 Å². The normalized spacial score (nSPS) is 13.6. The van der Waals surface area contributed by atoms with Crippen LogP contribution in [0, 0.1) is 0 Å². The van der Waals surface area contributed by atoms with E-state index in [1.807, 2.05) is 0 Å². The first-order valence-electron chi connectivity index (χ1n) is 29.4. The van der Waals surface area contributed by atoms with Gasteiger partial charge in [-0.15, -0.1) is 0 Å². The highest BCUT2D eigenvalue weighted by atomic mass is 16.3. The van der Waals surface area contributed by atoms with Crippen LogP contribution in [0.1, 0.15) is 309 Å². The smallest absolute Gasteiger partial charge is 0.220 e. The van der Waals surface area contributed by atoms with Crippen LogP contribution < -0.4 is 5.32 Å². The van der Waals surface area contributed by atoms with Gasteiger partial charge in [0.1, 0.15) is 6.10 Å². The first-order chi connectivity index (χ1) is 32.6. The Morgan fingerprint density at radius 3 is 1.02 bits per heavy atom. The van der Waals surface area contributed by atoms with E-state index in [9.17, 15) is 20.1 Å². The second kappa shape index (κ2) is 55.9. The minimum atomic E-state index is -1.17. The van der Waals surface area contributed by atoms with Crippen LogP contribution in [0.15, 0.2) is 48.6 Å². The number of rotatable bonds is 54. The number of hydrogen-bond donors (Lipinski definition) is 4. The summed E-state index contributed by atoms with van der Waals surface area (Å²) in [6.45, 7) is 4.18. The third-order valence-corrected chi connectivity index (χ3v) is 13.6. The summed E-state index contributed by atoms with van der Waals surface area (Å²) in [6.07, 6.45) is 74.3. The molecule has 0 saturated carbocycles.